The van der Waals surface area contributed by atoms with Gasteiger partial charge in [-0.25, -0.2) is 0 Å². The van der Waals surface area contributed by atoms with Crippen molar-refractivity contribution in [2.45, 2.75) is 51.1 Å². The minimum absolute atomic E-state index is 0.0457. The second-order valence-corrected chi connectivity index (χ2v) is 7.56. The maximum absolute atomic E-state index is 13.2. The van der Waals surface area contributed by atoms with Gasteiger partial charge in [0.25, 0.3) is 5.91 Å². The summed E-state index contributed by atoms with van der Waals surface area (Å²) in [5, 5.41) is 9.75. The van der Waals surface area contributed by atoms with E-state index in [1.807, 2.05) is 4.90 Å². The monoisotopic (exact) mass is 378 g/mol. The molecule has 132 valence electrons. The molecule has 0 radical (unpaired) electrons. The molecule has 0 N–H and O–H groups in total. The molecule has 5 nitrogen and oxygen atoms in total. The largest absolute Gasteiger partial charge is 0.328 e. The van der Waals surface area contributed by atoms with Crippen molar-refractivity contribution in [2.75, 3.05) is 6.54 Å². The van der Waals surface area contributed by atoms with Crippen LogP contribution in [-0.2, 0) is 13.0 Å². The standard InChI is InChI=1S/C18H20Cl2N4O/c19-12-7-8-14(20)13(11-12)18(25)23-9-3-1-5-15(23)17-22-21-16-6-2-4-10-24(16)17/h7-8,11,15H,1-6,9-10H2. The van der Waals surface area contributed by atoms with Gasteiger partial charge in [-0.3, -0.25) is 4.79 Å². The Balaban J connectivity index is 1.69. The summed E-state index contributed by atoms with van der Waals surface area (Å²) in [7, 11) is 0. The topological polar surface area (TPSA) is 51.0 Å². The van der Waals surface area contributed by atoms with Gasteiger partial charge in [0, 0.05) is 24.5 Å². The van der Waals surface area contributed by atoms with Gasteiger partial charge in [0.05, 0.1) is 16.6 Å². The molecule has 3 heterocycles. The van der Waals surface area contributed by atoms with Gasteiger partial charge in [0.1, 0.15) is 5.82 Å². The molecule has 1 atom stereocenters. The maximum atomic E-state index is 13.2. The van der Waals surface area contributed by atoms with E-state index in [0.717, 1.165) is 56.7 Å². The van der Waals surface area contributed by atoms with Crippen molar-refractivity contribution in [2.24, 2.45) is 0 Å². The smallest absolute Gasteiger partial charge is 0.256 e. The number of rotatable bonds is 2. The quantitative estimate of drug-likeness (QED) is 0.782. The van der Waals surface area contributed by atoms with Crippen LogP contribution < -0.4 is 0 Å². The lowest BCUT2D eigenvalue weighted by Gasteiger charge is -2.35. The van der Waals surface area contributed by atoms with E-state index in [0.29, 0.717) is 22.2 Å². The zero-order valence-corrected chi connectivity index (χ0v) is 15.4. The van der Waals surface area contributed by atoms with E-state index in [9.17, 15) is 4.79 Å². The average molecular weight is 379 g/mol. The van der Waals surface area contributed by atoms with Gasteiger partial charge in [-0.05, 0) is 50.3 Å². The highest BCUT2D eigenvalue weighted by Gasteiger charge is 2.34. The van der Waals surface area contributed by atoms with Crippen molar-refractivity contribution in [3.05, 3.63) is 45.5 Å². The van der Waals surface area contributed by atoms with E-state index >= 15 is 0 Å². The third-order valence-corrected chi connectivity index (χ3v) is 5.67. The number of fused-ring (bicyclic) bond motifs is 1. The molecule has 1 amide bonds. The van der Waals surface area contributed by atoms with E-state index < -0.39 is 0 Å². The Bertz CT molecular complexity index is 804. The van der Waals surface area contributed by atoms with E-state index in [-0.39, 0.29) is 11.9 Å². The summed E-state index contributed by atoms with van der Waals surface area (Å²) in [6.07, 6.45) is 6.24. The molecule has 0 bridgehead atoms. The molecule has 1 unspecified atom stereocenters. The van der Waals surface area contributed by atoms with E-state index in [1.165, 1.54) is 0 Å². The summed E-state index contributed by atoms with van der Waals surface area (Å²) >= 11 is 12.3. The van der Waals surface area contributed by atoms with Crippen molar-refractivity contribution in [3.63, 3.8) is 0 Å². The molecule has 2 aliphatic heterocycles. The number of piperidine rings is 1. The van der Waals surface area contributed by atoms with Gasteiger partial charge in [-0.2, -0.15) is 0 Å². The number of nitrogens with zero attached hydrogens (tertiary/aromatic N) is 4. The summed E-state index contributed by atoms with van der Waals surface area (Å²) in [4.78, 5) is 15.1. The molecule has 0 spiro atoms. The Morgan fingerprint density at radius 3 is 2.80 bits per heavy atom. The van der Waals surface area contributed by atoms with Crippen LogP contribution in [0.4, 0.5) is 0 Å². The number of amides is 1. The molecule has 2 aliphatic rings. The summed E-state index contributed by atoms with van der Waals surface area (Å²) in [6.45, 7) is 1.64. The molecule has 4 rings (SSSR count). The highest BCUT2D eigenvalue weighted by molar-refractivity contribution is 6.35. The Labute approximate surface area is 156 Å². The van der Waals surface area contributed by atoms with Crippen LogP contribution >= 0.6 is 23.2 Å². The number of aryl methyl sites for hydroxylation is 1. The van der Waals surface area contributed by atoms with Crippen molar-refractivity contribution in [1.82, 2.24) is 19.7 Å². The lowest BCUT2D eigenvalue weighted by molar-refractivity contribution is 0.0593. The second-order valence-electron chi connectivity index (χ2n) is 6.72. The molecular formula is C18H20Cl2N4O. The van der Waals surface area contributed by atoms with Gasteiger partial charge in [0.15, 0.2) is 5.82 Å². The lowest BCUT2D eigenvalue weighted by Crippen LogP contribution is -2.40. The Kier molecular flexibility index (Phi) is 4.69. The normalized spacial score (nSPS) is 20.4. The van der Waals surface area contributed by atoms with E-state index in [2.05, 4.69) is 14.8 Å². The van der Waals surface area contributed by atoms with Crippen LogP contribution in [0.2, 0.25) is 10.0 Å². The van der Waals surface area contributed by atoms with Crippen LogP contribution in [-0.4, -0.2) is 32.1 Å². The number of likely N-dealkylation sites (tertiary alicyclic amines) is 1. The average Bonchev–Trinajstić information content (AvgIpc) is 3.07. The molecule has 7 heteroatoms. The van der Waals surface area contributed by atoms with Crippen molar-refractivity contribution >= 4 is 29.1 Å². The zero-order valence-electron chi connectivity index (χ0n) is 13.9. The molecule has 0 aliphatic carbocycles. The molecule has 1 aromatic heterocycles. The van der Waals surface area contributed by atoms with Crippen LogP contribution in [0, 0.1) is 0 Å². The van der Waals surface area contributed by atoms with Crippen LogP contribution in [0.5, 0.6) is 0 Å². The first-order chi connectivity index (χ1) is 12.1. The number of hydrogen-bond acceptors (Lipinski definition) is 3. The Hall–Kier alpha value is -1.59. The number of aromatic nitrogens is 3. The van der Waals surface area contributed by atoms with Crippen LogP contribution in [0.25, 0.3) is 0 Å². The first-order valence-corrected chi connectivity index (χ1v) is 9.59. The van der Waals surface area contributed by atoms with E-state index in [1.54, 1.807) is 18.2 Å². The summed E-state index contributed by atoms with van der Waals surface area (Å²) < 4.78 is 2.21. The number of carbonyl (C=O) groups excluding carboxylic acids is 1. The van der Waals surface area contributed by atoms with Crippen molar-refractivity contribution < 1.29 is 4.79 Å². The fourth-order valence-corrected chi connectivity index (χ4v) is 4.21. The summed E-state index contributed by atoms with van der Waals surface area (Å²) in [6, 6.07) is 4.98. The number of benzene rings is 1. The highest BCUT2D eigenvalue weighted by atomic mass is 35.5. The van der Waals surface area contributed by atoms with Crippen LogP contribution in [0.3, 0.4) is 0 Å². The Morgan fingerprint density at radius 2 is 1.92 bits per heavy atom. The third-order valence-electron chi connectivity index (χ3n) is 5.11. The SMILES string of the molecule is O=C(c1cc(Cl)ccc1Cl)N1CCCCC1c1nnc2n1CCCC2. The van der Waals surface area contributed by atoms with Crippen molar-refractivity contribution in [3.8, 4) is 0 Å². The number of carbonyl (C=O) groups is 1. The molecular weight excluding hydrogens is 359 g/mol. The van der Waals surface area contributed by atoms with Gasteiger partial charge in [0.2, 0.25) is 0 Å². The minimum atomic E-state index is -0.0784. The molecule has 1 saturated heterocycles. The van der Waals surface area contributed by atoms with Gasteiger partial charge < -0.3 is 9.47 Å². The summed E-state index contributed by atoms with van der Waals surface area (Å²) in [5.41, 5.74) is 0.458. The van der Waals surface area contributed by atoms with Gasteiger partial charge in [-0.1, -0.05) is 23.2 Å². The van der Waals surface area contributed by atoms with Crippen LogP contribution in [0.1, 0.15) is 60.2 Å². The molecule has 25 heavy (non-hydrogen) atoms. The fraction of sp³-hybridized carbons (Fsp3) is 0.500. The Morgan fingerprint density at radius 1 is 1.08 bits per heavy atom. The predicted molar refractivity (Wildman–Crippen MR) is 97.1 cm³/mol. The molecule has 1 fully saturated rings. The molecule has 2 aromatic rings. The summed E-state index contributed by atoms with van der Waals surface area (Å²) in [5.74, 6) is 1.88. The van der Waals surface area contributed by atoms with Crippen molar-refractivity contribution in [1.29, 1.82) is 0 Å². The first kappa shape index (κ1) is 16.9. The molecule has 1 aromatic carbocycles. The number of hydrogen-bond donors (Lipinski definition) is 0. The van der Waals surface area contributed by atoms with Gasteiger partial charge in [-0.15, -0.1) is 10.2 Å². The zero-order chi connectivity index (χ0) is 17.4. The third kappa shape index (κ3) is 3.15. The minimum Gasteiger partial charge on any atom is -0.328 e. The molecule has 0 saturated carbocycles. The van der Waals surface area contributed by atoms with Crippen LogP contribution in [0.15, 0.2) is 18.2 Å². The van der Waals surface area contributed by atoms with Gasteiger partial charge >= 0.3 is 0 Å². The predicted octanol–water partition coefficient (Wildman–Crippen LogP) is 4.29. The lowest BCUT2D eigenvalue weighted by atomic mass is 9.99. The highest BCUT2D eigenvalue weighted by Crippen LogP contribution is 2.34. The number of halogens is 2. The second kappa shape index (κ2) is 6.96. The van der Waals surface area contributed by atoms with E-state index in [4.69, 9.17) is 23.2 Å². The first-order valence-electron chi connectivity index (χ1n) is 8.83. The fourth-order valence-electron chi connectivity index (χ4n) is 3.84. The maximum Gasteiger partial charge on any atom is 0.256 e.